The Balaban J connectivity index is 1.43. The lowest BCUT2D eigenvalue weighted by Crippen LogP contribution is -2.40. The van der Waals surface area contributed by atoms with E-state index in [1.165, 1.54) is 5.56 Å². The van der Waals surface area contributed by atoms with Gasteiger partial charge in [0.15, 0.2) is 11.2 Å². The van der Waals surface area contributed by atoms with Gasteiger partial charge < -0.3 is 9.88 Å². The molecule has 33 heavy (non-hydrogen) atoms. The molecule has 168 valence electrons. The SMILES string of the molecule is Cc1ccc(Cn2nnc3c(=O)[nH]c([C@@H]4CCCN(C(=O)c5ccccc5C)C4)nc32)cc1. The van der Waals surface area contributed by atoms with E-state index in [1.807, 2.05) is 67.3 Å². The van der Waals surface area contributed by atoms with Crippen molar-refractivity contribution in [2.45, 2.75) is 39.2 Å². The molecular weight excluding hydrogens is 416 g/mol. The number of benzene rings is 2. The predicted molar refractivity (Wildman–Crippen MR) is 125 cm³/mol. The normalized spacial score (nSPS) is 16.3. The fourth-order valence-electron chi connectivity index (χ4n) is 4.42. The van der Waals surface area contributed by atoms with Gasteiger partial charge in [-0.25, -0.2) is 9.67 Å². The Morgan fingerprint density at radius 3 is 2.70 bits per heavy atom. The number of hydrogen-bond donors (Lipinski definition) is 1. The maximum Gasteiger partial charge on any atom is 0.281 e. The molecular formula is C25H26N6O2. The van der Waals surface area contributed by atoms with Crippen LogP contribution in [-0.2, 0) is 6.54 Å². The van der Waals surface area contributed by atoms with Crippen LogP contribution in [0.25, 0.3) is 11.2 Å². The van der Waals surface area contributed by atoms with Gasteiger partial charge in [0, 0.05) is 24.6 Å². The molecule has 2 aromatic heterocycles. The van der Waals surface area contributed by atoms with Crippen LogP contribution in [0.5, 0.6) is 0 Å². The summed E-state index contributed by atoms with van der Waals surface area (Å²) in [6, 6.07) is 15.8. The molecule has 8 nitrogen and oxygen atoms in total. The summed E-state index contributed by atoms with van der Waals surface area (Å²) in [5.41, 5.74) is 4.32. The molecule has 1 N–H and O–H groups in total. The van der Waals surface area contributed by atoms with E-state index in [4.69, 9.17) is 4.98 Å². The molecule has 0 spiro atoms. The smallest absolute Gasteiger partial charge is 0.281 e. The Bertz CT molecular complexity index is 1370. The van der Waals surface area contributed by atoms with Crippen LogP contribution in [0.3, 0.4) is 0 Å². The van der Waals surface area contributed by atoms with Crippen molar-refractivity contribution in [1.82, 2.24) is 29.9 Å². The predicted octanol–water partition coefficient (Wildman–Crippen LogP) is 3.20. The van der Waals surface area contributed by atoms with Gasteiger partial charge in [0.25, 0.3) is 11.5 Å². The van der Waals surface area contributed by atoms with Crippen molar-refractivity contribution in [3.8, 4) is 0 Å². The highest BCUT2D eigenvalue weighted by Gasteiger charge is 2.28. The summed E-state index contributed by atoms with van der Waals surface area (Å²) in [7, 11) is 0. The number of carbonyl (C=O) groups is 1. The van der Waals surface area contributed by atoms with E-state index in [0.29, 0.717) is 31.1 Å². The highest BCUT2D eigenvalue weighted by atomic mass is 16.2. The van der Waals surface area contributed by atoms with Crippen LogP contribution in [0.2, 0.25) is 0 Å². The number of likely N-dealkylation sites (tertiary alicyclic amines) is 1. The number of hydrogen-bond acceptors (Lipinski definition) is 5. The Labute approximate surface area is 191 Å². The lowest BCUT2D eigenvalue weighted by molar-refractivity contribution is 0.0704. The van der Waals surface area contributed by atoms with Crippen molar-refractivity contribution in [2.75, 3.05) is 13.1 Å². The summed E-state index contributed by atoms with van der Waals surface area (Å²) in [5.74, 6) is 0.557. The second-order valence-electron chi connectivity index (χ2n) is 8.76. The molecule has 1 aliphatic rings. The topological polar surface area (TPSA) is 96.8 Å². The zero-order valence-electron chi connectivity index (χ0n) is 18.8. The largest absolute Gasteiger partial charge is 0.338 e. The number of rotatable bonds is 4. The number of carbonyl (C=O) groups excluding carboxylic acids is 1. The number of amides is 1. The monoisotopic (exact) mass is 442 g/mol. The van der Waals surface area contributed by atoms with Crippen LogP contribution in [0.15, 0.2) is 53.3 Å². The van der Waals surface area contributed by atoms with E-state index in [0.717, 1.165) is 29.5 Å². The molecule has 5 rings (SSSR count). The van der Waals surface area contributed by atoms with Crippen molar-refractivity contribution < 1.29 is 4.79 Å². The van der Waals surface area contributed by atoms with E-state index in [9.17, 15) is 9.59 Å². The number of H-pyrrole nitrogens is 1. The Morgan fingerprint density at radius 1 is 1.12 bits per heavy atom. The van der Waals surface area contributed by atoms with E-state index in [-0.39, 0.29) is 22.9 Å². The molecule has 1 saturated heterocycles. The van der Waals surface area contributed by atoms with Crippen LogP contribution >= 0.6 is 0 Å². The van der Waals surface area contributed by atoms with Crippen molar-refractivity contribution in [3.63, 3.8) is 0 Å². The van der Waals surface area contributed by atoms with Gasteiger partial charge in [-0.15, -0.1) is 5.10 Å². The Morgan fingerprint density at radius 2 is 1.91 bits per heavy atom. The zero-order chi connectivity index (χ0) is 22.9. The maximum absolute atomic E-state index is 13.1. The van der Waals surface area contributed by atoms with Crippen LogP contribution < -0.4 is 5.56 Å². The molecule has 1 aliphatic heterocycles. The number of piperidine rings is 1. The zero-order valence-corrected chi connectivity index (χ0v) is 18.8. The molecule has 2 aromatic carbocycles. The Kier molecular flexibility index (Phi) is 5.50. The molecule has 1 atom stereocenters. The van der Waals surface area contributed by atoms with Gasteiger partial charge in [0.2, 0.25) is 0 Å². The fraction of sp³-hybridized carbons (Fsp3) is 0.320. The molecule has 8 heteroatoms. The summed E-state index contributed by atoms with van der Waals surface area (Å²) < 4.78 is 1.66. The minimum absolute atomic E-state index is 0.0207. The quantitative estimate of drug-likeness (QED) is 0.524. The first kappa shape index (κ1) is 21.1. The summed E-state index contributed by atoms with van der Waals surface area (Å²) in [5, 5.41) is 8.23. The van der Waals surface area contributed by atoms with E-state index < -0.39 is 0 Å². The number of nitrogens with zero attached hydrogens (tertiary/aromatic N) is 5. The third kappa shape index (κ3) is 4.16. The molecule has 1 fully saturated rings. The lowest BCUT2D eigenvalue weighted by atomic mass is 9.96. The van der Waals surface area contributed by atoms with Gasteiger partial charge in [-0.2, -0.15) is 0 Å². The highest BCUT2D eigenvalue weighted by Crippen LogP contribution is 2.26. The summed E-state index contributed by atoms with van der Waals surface area (Å²) in [6.45, 7) is 5.68. The summed E-state index contributed by atoms with van der Waals surface area (Å²) in [6.07, 6.45) is 1.70. The second-order valence-corrected chi connectivity index (χ2v) is 8.76. The van der Waals surface area contributed by atoms with Crippen LogP contribution in [0.1, 0.15) is 51.6 Å². The van der Waals surface area contributed by atoms with Crippen LogP contribution in [0.4, 0.5) is 0 Å². The standard InChI is InChI=1S/C25H26N6O2/c1-16-9-11-18(12-10-16)14-31-23-21(28-29-31)24(32)27-22(26-23)19-7-5-13-30(15-19)25(33)20-8-4-3-6-17(20)2/h3-4,6,8-12,19H,5,7,13-15H2,1-2H3,(H,26,27,32)/t19-/m1/s1. The molecule has 0 radical (unpaired) electrons. The van der Waals surface area contributed by atoms with Gasteiger partial charge in [0.05, 0.1) is 6.54 Å². The first-order chi connectivity index (χ1) is 16.0. The third-order valence-corrected chi connectivity index (χ3v) is 6.32. The van der Waals surface area contributed by atoms with E-state index in [1.54, 1.807) is 4.68 Å². The minimum Gasteiger partial charge on any atom is -0.338 e. The highest BCUT2D eigenvalue weighted by molar-refractivity contribution is 5.95. The van der Waals surface area contributed by atoms with Gasteiger partial charge in [-0.1, -0.05) is 53.2 Å². The first-order valence-corrected chi connectivity index (χ1v) is 11.2. The molecule has 0 aliphatic carbocycles. The van der Waals surface area contributed by atoms with E-state index >= 15 is 0 Å². The molecule has 0 bridgehead atoms. The van der Waals surface area contributed by atoms with Crippen molar-refractivity contribution in [2.24, 2.45) is 0 Å². The summed E-state index contributed by atoms with van der Waals surface area (Å²) >= 11 is 0. The minimum atomic E-state index is -0.299. The Hall–Kier alpha value is -3.81. The van der Waals surface area contributed by atoms with Crippen molar-refractivity contribution >= 4 is 17.1 Å². The maximum atomic E-state index is 13.1. The molecule has 0 unspecified atom stereocenters. The van der Waals surface area contributed by atoms with Gasteiger partial charge in [0.1, 0.15) is 5.82 Å². The molecule has 3 heterocycles. The lowest BCUT2D eigenvalue weighted by Gasteiger charge is -2.32. The number of nitrogens with one attached hydrogen (secondary N) is 1. The number of fused-ring (bicyclic) bond motifs is 1. The molecule has 4 aromatic rings. The second kappa shape index (κ2) is 8.61. The molecule has 0 saturated carbocycles. The van der Waals surface area contributed by atoms with Gasteiger partial charge in [-0.05, 0) is 43.9 Å². The number of aryl methyl sites for hydroxylation is 2. The van der Waals surface area contributed by atoms with Crippen LogP contribution in [-0.4, -0.2) is 48.9 Å². The van der Waals surface area contributed by atoms with Crippen LogP contribution in [0, 0.1) is 13.8 Å². The molecule has 1 amide bonds. The van der Waals surface area contributed by atoms with Gasteiger partial charge >= 0.3 is 0 Å². The average molecular weight is 443 g/mol. The van der Waals surface area contributed by atoms with Gasteiger partial charge in [-0.3, -0.25) is 9.59 Å². The fourth-order valence-corrected chi connectivity index (χ4v) is 4.42. The number of aromatic amines is 1. The van der Waals surface area contributed by atoms with Crippen molar-refractivity contribution in [1.29, 1.82) is 0 Å². The summed E-state index contributed by atoms with van der Waals surface area (Å²) in [4.78, 5) is 35.4. The first-order valence-electron chi connectivity index (χ1n) is 11.2. The van der Waals surface area contributed by atoms with Crippen molar-refractivity contribution in [3.05, 3.63) is 87.0 Å². The number of aromatic nitrogens is 5. The van der Waals surface area contributed by atoms with E-state index in [2.05, 4.69) is 15.3 Å². The average Bonchev–Trinajstić information content (AvgIpc) is 3.24. The third-order valence-electron chi connectivity index (χ3n) is 6.32.